The van der Waals surface area contributed by atoms with Crippen molar-refractivity contribution in [1.82, 2.24) is 4.90 Å². The average molecular weight is 176 g/mol. The molecule has 0 saturated heterocycles. The first-order chi connectivity index (χ1) is 6.11. The van der Waals surface area contributed by atoms with Gasteiger partial charge in [-0.3, -0.25) is 4.90 Å². The number of likely N-dealkylation sites (N-methyl/N-ethyl adjacent to an activating group) is 1. The van der Waals surface area contributed by atoms with Gasteiger partial charge >= 0.3 is 0 Å². The van der Waals surface area contributed by atoms with Gasteiger partial charge in [0, 0.05) is 0 Å². The minimum absolute atomic E-state index is 0.544. The number of benzene rings is 1. The molecule has 2 nitrogen and oxygen atoms in total. The van der Waals surface area contributed by atoms with E-state index in [2.05, 4.69) is 6.07 Å². The van der Waals surface area contributed by atoms with Crippen LogP contribution in [0.4, 0.5) is 0 Å². The van der Waals surface area contributed by atoms with E-state index in [1.54, 1.807) is 0 Å². The number of aldehydes is 1. The van der Waals surface area contributed by atoms with Crippen LogP contribution in [0.2, 0.25) is 0 Å². The third-order valence-corrected chi connectivity index (χ3v) is 2.45. The first-order valence-corrected chi connectivity index (χ1v) is 4.21. The minimum Gasteiger partial charge on any atom is -0.301 e. The molecule has 0 fully saturated rings. The molecule has 0 aliphatic rings. The molecule has 0 heterocycles. The summed E-state index contributed by atoms with van der Waals surface area (Å²) >= 11 is 0. The van der Waals surface area contributed by atoms with E-state index < -0.39 is 5.54 Å². The molecular formula is C11H14NO. The van der Waals surface area contributed by atoms with Crippen molar-refractivity contribution < 1.29 is 4.79 Å². The summed E-state index contributed by atoms with van der Waals surface area (Å²) in [5.41, 5.74) is 0.424. The largest absolute Gasteiger partial charge is 0.301 e. The Kier molecular flexibility index (Phi) is 2.83. The standard InChI is InChI=1S/C11H14NO/c1-11(9-13,12(2)3)10-7-5-4-6-8-10/h4-5,7-9H,1-3H3. The Morgan fingerprint density at radius 2 is 2.23 bits per heavy atom. The van der Waals surface area contributed by atoms with Crippen LogP contribution in [0.15, 0.2) is 24.3 Å². The average Bonchev–Trinajstić information content (AvgIpc) is 2.17. The number of rotatable bonds is 3. The molecule has 1 aromatic carbocycles. The molecule has 0 aliphatic carbocycles. The van der Waals surface area contributed by atoms with Gasteiger partial charge in [0.15, 0.2) is 0 Å². The maximum absolute atomic E-state index is 11.0. The SMILES string of the molecule is CN(C)C(C)(C=O)c1c[c]ccc1. The summed E-state index contributed by atoms with van der Waals surface area (Å²) in [5, 5.41) is 0. The maximum atomic E-state index is 11.0. The number of carbonyl (C=O) groups is 1. The second-order valence-corrected chi connectivity index (χ2v) is 3.45. The van der Waals surface area contributed by atoms with Gasteiger partial charge < -0.3 is 4.79 Å². The Balaban J connectivity index is 3.10. The molecule has 1 atom stereocenters. The predicted octanol–water partition coefficient (Wildman–Crippen LogP) is 1.46. The third kappa shape index (κ3) is 1.78. The van der Waals surface area contributed by atoms with Crippen LogP contribution in [-0.2, 0) is 10.3 Å². The molecule has 0 aromatic heterocycles. The van der Waals surface area contributed by atoms with Crippen molar-refractivity contribution in [1.29, 1.82) is 0 Å². The molecular weight excluding hydrogens is 162 g/mol. The highest BCUT2D eigenvalue weighted by Crippen LogP contribution is 2.22. The number of carbonyl (C=O) groups excluding carboxylic acids is 1. The van der Waals surface area contributed by atoms with Crippen molar-refractivity contribution in [2.45, 2.75) is 12.5 Å². The molecule has 1 unspecified atom stereocenters. The van der Waals surface area contributed by atoms with E-state index >= 15 is 0 Å². The molecule has 1 rings (SSSR count). The van der Waals surface area contributed by atoms with Crippen molar-refractivity contribution >= 4 is 6.29 Å². The summed E-state index contributed by atoms with van der Waals surface area (Å²) in [6, 6.07) is 10.5. The zero-order valence-corrected chi connectivity index (χ0v) is 8.24. The summed E-state index contributed by atoms with van der Waals surface area (Å²) in [6.07, 6.45) is 0.955. The van der Waals surface area contributed by atoms with Gasteiger partial charge in [-0.15, -0.1) is 0 Å². The van der Waals surface area contributed by atoms with Crippen molar-refractivity contribution in [3.8, 4) is 0 Å². The molecule has 0 bridgehead atoms. The summed E-state index contributed by atoms with van der Waals surface area (Å²) in [4.78, 5) is 12.9. The summed E-state index contributed by atoms with van der Waals surface area (Å²) in [7, 11) is 3.78. The fraction of sp³-hybridized carbons (Fsp3) is 0.364. The number of nitrogens with zero attached hydrogens (tertiary/aromatic N) is 1. The lowest BCUT2D eigenvalue weighted by atomic mass is 9.93. The monoisotopic (exact) mass is 176 g/mol. The zero-order chi connectivity index (χ0) is 9.90. The van der Waals surface area contributed by atoms with Crippen molar-refractivity contribution in [3.63, 3.8) is 0 Å². The van der Waals surface area contributed by atoms with Crippen LogP contribution in [-0.4, -0.2) is 25.3 Å². The molecule has 69 valence electrons. The molecule has 1 aromatic rings. The number of hydrogen-bond donors (Lipinski definition) is 0. The van der Waals surface area contributed by atoms with Gasteiger partial charge in [-0.05, 0) is 38.7 Å². The van der Waals surface area contributed by atoms with E-state index in [1.165, 1.54) is 0 Å². The second-order valence-electron chi connectivity index (χ2n) is 3.45. The highest BCUT2D eigenvalue weighted by atomic mass is 16.1. The second kappa shape index (κ2) is 3.71. The molecule has 13 heavy (non-hydrogen) atoms. The lowest BCUT2D eigenvalue weighted by molar-refractivity contribution is -0.116. The summed E-state index contributed by atoms with van der Waals surface area (Å²) in [5.74, 6) is 0. The maximum Gasteiger partial charge on any atom is 0.144 e. The Bertz CT molecular complexity index is 281. The van der Waals surface area contributed by atoms with Gasteiger partial charge in [0.25, 0.3) is 0 Å². The normalized spacial score (nSPS) is 15.4. The quantitative estimate of drug-likeness (QED) is 0.650. The third-order valence-electron chi connectivity index (χ3n) is 2.45. The first kappa shape index (κ1) is 9.93. The first-order valence-electron chi connectivity index (χ1n) is 4.21. The minimum atomic E-state index is -0.544. The van der Waals surface area contributed by atoms with Gasteiger partial charge in [-0.25, -0.2) is 0 Å². The highest BCUT2D eigenvalue weighted by Gasteiger charge is 2.27. The molecule has 0 amide bonds. The lowest BCUT2D eigenvalue weighted by Crippen LogP contribution is -2.39. The number of hydrogen-bond acceptors (Lipinski definition) is 2. The van der Waals surface area contributed by atoms with Crippen LogP contribution in [0, 0.1) is 6.07 Å². The van der Waals surface area contributed by atoms with Crippen molar-refractivity contribution in [2.75, 3.05) is 14.1 Å². The predicted molar refractivity (Wildman–Crippen MR) is 52.4 cm³/mol. The van der Waals surface area contributed by atoms with Crippen LogP contribution in [0.25, 0.3) is 0 Å². The highest BCUT2D eigenvalue weighted by molar-refractivity contribution is 5.66. The van der Waals surface area contributed by atoms with E-state index in [1.807, 2.05) is 50.2 Å². The fourth-order valence-electron chi connectivity index (χ4n) is 1.14. The van der Waals surface area contributed by atoms with E-state index in [9.17, 15) is 4.79 Å². The van der Waals surface area contributed by atoms with Gasteiger partial charge in [0.1, 0.15) is 6.29 Å². The zero-order valence-electron chi connectivity index (χ0n) is 8.24. The van der Waals surface area contributed by atoms with Gasteiger partial charge in [-0.2, -0.15) is 0 Å². The summed E-state index contributed by atoms with van der Waals surface area (Å²) < 4.78 is 0. The van der Waals surface area contributed by atoms with E-state index in [-0.39, 0.29) is 0 Å². The molecule has 0 aliphatic heterocycles. The van der Waals surface area contributed by atoms with Crippen molar-refractivity contribution in [3.05, 3.63) is 35.9 Å². The molecule has 0 spiro atoms. The topological polar surface area (TPSA) is 20.3 Å². The molecule has 0 saturated carbocycles. The van der Waals surface area contributed by atoms with Gasteiger partial charge in [-0.1, -0.05) is 18.2 Å². The van der Waals surface area contributed by atoms with E-state index in [4.69, 9.17) is 0 Å². The Morgan fingerprint density at radius 3 is 2.62 bits per heavy atom. The van der Waals surface area contributed by atoms with Crippen molar-refractivity contribution in [2.24, 2.45) is 0 Å². The van der Waals surface area contributed by atoms with E-state index in [0.29, 0.717) is 0 Å². The molecule has 2 heteroatoms. The van der Waals surface area contributed by atoms with Crippen LogP contribution >= 0.6 is 0 Å². The van der Waals surface area contributed by atoms with Crippen LogP contribution in [0.5, 0.6) is 0 Å². The fourth-order valence-corrected chi connectivity index (χ4v) is 1.14. The summed E-state index contributed by atoms with van der Waals surface area (Å²) in [6.45, 7) is 1.89. The van der Waals surface area contributed by atoms with Gasteiger partial charge in [0.05, 0.1) is 5.54 Å². The van der Waals surface area contributed by atoms with Crippen LogP contribution in [0.3, 0.4) is 0 Å². The van der Waals surface area contributed by atoms with Gasteiger partial charge in [0.2, 0.25) is 0 Å². The van der Waals surface area contributed by atoms with Crippen LogP contribution < -0.4 is 0 Å². The lowest BCUT2D eigenvalue weighted by Gasteiger charge is -2.31. The molecule has 0 N–H and O–H groups in total. The van der Waals surface area contributed by atoms with Crippen LogP contribution in [0.1, 0.15) is 12.5 Å². The van der Waals surface area contributed by atoms with E-state index in [0.717, 1.165) is 11.8 Å². The smallest absolute Gasteiger partial charge is 0.144 e. The molecule has 1 radical (unpaired) electrons. The Morgan fingerprint density at radius 1 is 1.54 bits per heavy atom. The Labute approximate surface area is 79.2 Å². The Hall–Kier alpha value is -1.15.